The van der Waals surface area contributed by atoms with Crippen LogP contribution < -0.4 is 5.32 Å². The summed E-state index contributed by atoms with van der Waals surface area (Å²) < 4.78 is 27.2. The number of hydrogen-bond acceptors (Lipinski definition) is 5. The molecule has 3 aromatic rings. The monoisotopic (exact) mass is 421 g/mol. The molecule has 1 heterocycles. The normalized spacial score (nSPS) is 11.9. The van der Waals surface area contributed by atoms with E-state index in [1.165, 1.54) is 26.2 Å². The minimum atomic E-state index is -3.55. The van der Waals surface area contributed by atoms with E-state index in [4.69, 9.17) is 11.6 Å². The molecule has 1 aromatic heterocycles. The van der Waals surface area contributed by atoms with Gasteiger partial charge in [-0.1, -0.05) is 22.9 Å². The molecule has 0 aliphatic carbocycles. The fourth-order valence-electron chi connectivity index (χ4n) is 2.65. The predicted molar refractivity (Wildman–Crippen MR) is 108 cm³/mol. The minimum Gasteiger partial charge on any atom is -0.326 e. The zero-order valence-electron chi connectivity index (χ0n) is 15.7. The van der Waals surface area contributed by atoms with Crippen LogP contribution in [0.5, 0.6) is 0 Å². The summed E-state index contributed by atoms with van der Waals surface area (Å²) in [4.78, 5) is 12.4. The summed E-state index contributed by atoms with van der Waals surface area (Å²) >= 11 is 6.07. The van der Waals surface area contributed by atoms with Crippen molar-refractivity contribution in [2.75, 3.05) is 19.4 Å². The Morgan fingerprint density at radius 3 is 2.71 bits per heavy atom. The first kappa shape index (κ1) is 20.2. The molecule has 28 heavy (non-hydrogen) atoms. The van der Waals surface area contributed by atoms with Crippen molar-refractivity contribution >= 4 is 44.3 Å². The van der Waals surface area contributed by atoms with Gasteiger partial charge in [-0.25, -0.2) is 17.4 Å². The fraction of sp³-hybridized carbons (Fsp3) is 0.278. The molecule has 1 N–H and O–H groups in total. The number of carbonyl (C=O) groups excluding carboxylic acids is 1. The Kier molecular flexibility index (Phi) is 5.69. The molecule has 0 saturated heterocycles. The number of rotatable bonds is 6. The van der Waals surface area contributed by atoms with E-state index in [0.29, 0.717) is 28.3 Å². The van der Waals surface area contributed by atoms with Crippen molar-refractivity contribution in [2.45, 2.75) is 24.8 Å². The lowest BCUT2D eigenvalue weighted by Gasteiger charge is -2.11. The second kappa shape index (κ2) is 7.86. The Bertz CT molecular complexity index is 1140. The fourth-order valence-corrected chi connectivity index (χ4v) is 3.75. The molecule has 0 bridgehead atoms. The third-order valence-electron chi connectivity index (χ3n) is 4.36. The van der Waals surface area contributed by atoms with Crippen molar-refractivity contribution in [3.8, 4) is 0 Å². The number of aromatic nitrogens is 3. The number of aryl methyl sites for hydroxylation is 1. The Balaban J connectivity index is 1.73. The van der Waals surface area contributed by atoms with Gasteiger partial charge in [0.05, 0.1) is 17.0 Å². The lowest BCUT2D eigenvalue weighted by atomic mass is 10.2. The van der Waals surface area contributed by atoms with Crippen molar-refractivity contribution in [3.63, 3.8) is 0 Å². The van der Waals surface area contributed by atoms with Gasteiger partial charge in [-0.3, -0.25) is 4.79 Å². The molecule has 0 aliphatic heterocycles. The van der Waals surface area contributed by atoms with Crippen LogP contribution in [0.25, 0.3) is 11.0 Å². The molecule has 0 spiro atoms. The molecule has 0 fully saturated rings. The Labute approximate surface area is 168 Å². The van der Waals surface area contributed by atoms with Crippen molar-refractivity contribution in [1.82, 2.24) is 19.3 Å². The number of amides is 1. The van der Waals surface area contributed by atoms with Gasteiger partial charge >= 0.3 is 0 Å². The van der Waals surface area contributed by atoms with E-state index in [1.807, 2.05) is 6.92 Å². The van der Waals surface area contributed by atoms with Gasteiger partial charge in [0.25, 0.3) is 0 Å². The van der Waals surface area contributed by atoms with E-state index in [2.05, 4.69) is 15.6 Å². The zero-order valence-corrected chi connectivity index (χ0v) is 17.3. The van der Waals surface area contributed by atoms with E-state index in [-0.39, 0.29) is 17.2 Å². The van der Waals surface area contributed by atoms with Crippen LogP contribution in [0, 0.1) is 6.92 Å². The Morgan fingerprint density at radius 2 is 2.00 bits per heavy atom. The number of benzene rings is 2. The number of halogens is 1. The minimum absolute atomic E-state index is 0.145. The highest BCUT2D eigenvalue weighted by atomic mass is 35.5. The molecule has 148 valence electrons. The maximum Gasteiger partial charge on any atom is 0.242 e. The van der Waals surface area contributed by atoms with Crippen molar-refractivity contribution < 1.29 is 13.2 Å². The standard InChI is InChI=1S/C18H20ClN5O3S/c1-12-14(19)5-4-6-15(12)20-18(25)9-10-24-17-8-7-13(11-16(17)21-22-24)28(26,27)23(2)3/h4-8,11H,9-10H2,1-3H3,(H,20,25). The van der Waals surface area contributed by atoms with Gasteiger partial charge in [-0.15, -0.1) is 5.10 Å². The average molecular weight is 422 g/mol. The molecule has 3 rings (SSSR count). The zero-order chi connectivity index (χ0) is 20.5. The highest BCUT2D eigenvalue weighted by molar-refractivity contribution is 7.89. The first-order chi connectivity index (χ1) is 13.2. The van der Waals surface area contributed by atoms with Crippen LogP contribution in [-0.4, -0.2) is 47.7 Å². The summed E-state index contributed by atoms with van der Waals surface area (Å²) in [6.45, 7) is 2.14. The van der Waals surface area contributed by atoms with Gasteiger partial charge in [0, 0.05) is 31.2 Å². The largest absolute Gasteiger partial charge is 0.326 e. The molecule has 1 amide bonds. The smallest absolute Gasteiger partial charge is 0.242 e. The molecular formula is C18H20ClN5O3S. The van der Waals surface area contributed by atoms with E-state index < -0.39 is 10.0 Å². The lowest BCUT2D eigenvalue weighted by Crippen LogP contribution is -2.22. The van der Waals surface area contributed by atoms with Gasteiger partial charge in [0.2, 0.25) is 15.9 Å². The van der Waals surface area contributed by atoms with Crippen LogP contribution in [0.4, 0.5) is 5.69 Å². The molecule has 10 heteroatoms. The number of carbonyl (C=O) groups is 1. The third kappa shape index (κ3) is 4.01. The van der Waals surface area contributed by atoms with Gasteiger partial charge < -0.3 is 5.32 Å². The van der Waals surface area contributed by atoms with Gasteiger partial charge in [-0.05, 0) is 42.8 Å². The maximum atomic E-state index is 12.3. The first-order valence-electron chi connectivity index (χ1n) is 8.51. The summed E-state index contributed by atoms with van der Waals surface area (Å²) in [6, 6.07) is 9.95. The van der Waals surface area contributed by atoms with Crippen molar-refractivity contribution in [1.29, 1.82) is 0 Å². The second-order valence-corrected chi connectivity index (χ2v) is 9.02. The average Bonchev–Trinajstić information content (AvgIpc) is 3.06. The summed E-state index contributed by atoms with van der Waals surface area (Å²) in [7, 11) is -0.608. The number of nitrogens with zero attached hydrogens (tertiary/aromatic N) is 4. The summed E-state index contributed by atoms with van der Waals surface area (Å²) in [5.74, 6) is -0.180. The van der Waals surface area contributed by atoms with E-state index in [1.54, 1.807) is 28.9 Å². The van der Waals surface area contributed by atoms with E-state index >= 15 is 0 Å². The number of nitrogens with one attached hydrogen (secondary N) is 1. The molecule has 2 aromatic carbocycles. The van der Waals surface area contributed by atoms with Crippen LogP contribution in [-0.2, 0) is 21.4 Å². The number of sulfonamides is 1. The molecule has 0 saturated carbocycles. The molecule has 0 aliphatic rings. The quantitative estimate of drug-likeness (QED) is 0.659. The summed E-state index contributed by atoms with van der Waals surface area (Å²) in [5.41, 5.74) is 2.58. The topological polar surface area (TPSA) is 97.2 Å². The van der Waals surface area contributed by atoms with Crippen molar-refractivity contribution in [3.05, 3.63) is 47.0 Å². The second-order valence-electron chi connectivity index (χ2n) is 6.46. The maximum absolute atomic E-state index is 12.3. The summed E-state index contributed by atoms with van der Waals surface area (Å²) in [5, 5.41) is 11.5. The number of anilines is 1. The molecular weight excluding hydrogens is 402 g/mol. The molecule has 0 radical (unpaired) electrons. The molecule has 8 nitrogen and oxygen atoms in total. The number of fused-ring (bicyclic) bond motifs is 1. The van der Waals surface area contributed by atoms with E-state index in [0.717, 1.165) is 9.87 Å². The van der Waals surface area contributed by atoms with Crippen LogP contribution in [0.2, 0.25) is 5.02 Å². The Hall–Kier alpha value is -2.49. The van der Waals surface area contributed by atoms with E-state index in [9.17, 15) is 13.2 Å². The molecule has 0 unspecified atom stereocenters. The van der Waals surface area contributed by atoms with Gasteiger partial charge in [-0.2, -0.15) is 0 Å². The van der Waals surface area contributed by atoms with Crippen LogP contribution in [0.1, 0.15) is 12.0 Å². The van der Waals surface area contributed by atoms with Crippen molar-refractivity contribution in [2.24, 2.45) is 0 Å². The van der Waals surface area contributed by atoms with Crippen LogP contribution in [0.15, 0.2) is 41.3 Å². The first-order valence-corrected chi connectivity index (χ1v) is 10.3. The van der Waals surface area contributed by atoms with Crippen LogP contribution >= 0.6 is 11.6 Å². The SMILES string of the molecule is Cc1c(Cl)cccc1NC(=O)CCn1nnc2cc(S(=O)(=O)N(C)C)ccc21. The lowest BCUT2D eigenvalue weighted by molar-refractivity contribution is -0.116. The summed E-state index contributed by atoms with van der Waals surface area (Å²) in [6.07, 6.45) is 0.183. The predicted octanol–water partition coefficient (Wildman–Crippen LogP) is 2.67. The van der Waals surface area contributed by atoms with Gasteiger partial charge in [0.1, 0.15) is 5.52 Å². The van der Waals surface area contributed by atoms with Gasteiger partial charge in [0.15, 0.2) is 0 Å². The number of hydrogen-bond donors (Lipinski definition) is 1. The molecule has 0 atom stereocenters. The third-order valence-corrected chi connectivity index (χ3v) is 6.58. The van der Waals surface area contributed by atoms with Crippen LogP contribution in [0.3, 0.4) is 0 Å². The highest BCUT2D eigenvalue weighted by Gasteiger charge is 2.19. The Morgan fingerprint density at radius 1 is 1.25 bits per heavy atom. The highest BCUT2D eigenvalue weighted by Crippen LogP contribution is 2.23.